The molecule has 1 rings (SSSR count). The molecule has 3 N–H and O–H groups in total. The van der Waals surface area contributed by atoms with Crippen LogP contribution in [0.2, 0.25) is 0 Å². The molecule has 0 fully saturated rings. The molecule has 0 spiro atoms. The fourth-order valence-corrected chi connectivity index (χ4v) is 1.44. The highest BCUT2D eigenvalue weighted by molar-refractivity contribution is 5.93. The number of hydrogen-bond acceptors (Lipinski definition) is 3. The monoisotopic (exact) mass is 237 g/mol. The second-order valence-corrected chi connectivity index (χ2v) is 3.86. The fraction of sp³-hybridized carbons (Fsp3) is 0.500. The first-order valence-corrected chi connectivity index (χ1v) is 5.83. The fourth-order valence-electron chi connectivity index (χ4n) is 1.44. The van der Waals surface area contributed by atoms with Crippen LogP contribution in [0.5, 0.6) is 0 Å². The van der Waals surface area contributed by atoms with E-state index in [-0.39, 0.29) is 16.9 Å². The Morgan fingerprint density at radius 2 is 2.18 bits per heavy atom. The minimum atomic E-state index is -0.317. The van der Waals surface area contributed by atoms with Crippen LogP contribution in [0.25, 0.3) is 0 Å². The third-order valence-electron chi connectivity index (χ3n) is 2.37. The summed E-state index contributed by atoms with van der Waals surface area (Å²) < 4.78 is 0. The van der Waals surface area contributed by atoms with Crippen molar-refractivity contribution in [1.82, 2.24) is 15.6 Å². The third kappa shape index (κ3) is 4.40. The quantitative estimate of drug-likeness (QED) is 0.627. The predicted molar refractivity (Wildman–Crippen MR) is 67.3 cm³/mol. The summed E-state index contributed by atoms with van der Waals surface area (Å²) in [6.45, 7) is 6.16. The van der Waals surface area contributed by atoms with E-state index in [1.165, 1.54) is 12.3 Å². The highest BCUT2D eigenvalue weighted by atomic mass is 16.2. The van der Waals surface area contributed by atoms with Crippen molar-refractivity contribution in [3.05, 3.63) is 33.7 Å². The molecular weight excluding hydrogens is 218 g/mol. The number of carbonyl (C=O) groups is 1. The van der Waals surface area contributed by atoms with Gasteiger partial charge in [-0.05, 0) is 26.4 Å². The summed E-state index contributed by atoms with van der Waals surface area (Å²) in [4.78, 5) is 26.0. The molecule has 0 aliphatic heterocycles. The number of nitrogens with one attached hydrogen (secondary N) is 3. The normalized spacial score (nSPS) is 10.2. The minimum absolute atomic E-state index is 0.166. The number of aromatic nitrogens is 1. The SMILES string of the molecule is CCNCCCNC(=O)c1c[nH]c(C)cc1=O. The van der Waals surface area contributed by atoms with Crippen molar-refractivity contribution in [1.29, 1.82) is 0 Å². The topological polar surface area (TPSA) is 74.0 Å². The van der Waals surface area contributed by atoms with Gasteiger partial charge in [-0.3, -0.25) is 9.59 Å². The molecule has 0 saturated carbocycles. The van der Waals surface area contributed by atoms with E-state index >= 15 is 0 Å². The van der Waals surface area contributed by atoms with Gasteiger partial charge >= 0.3 is 0 Å². The largest absolute Gasteiger partial charge is 0.364 e. The van der Waals surface area contributed by atoms with Gasteiger partial charge in [-0.1, -0.05) is 6.92 Å². The van der Waals surface area contributed by atoms with Gasteiger partial charge in [-0.2, -0.15) is 0 Å². The number of rotatable bonds is 6. The van der Waals surface area contributed by atoms with Gasteiger partial charge in [0.05, 0.1) is 0 Å². The summed E-state index contributed by atoms with van der Waals surface area (Å²) in [6, 6.07) is 1.42. The zero-order valence-corrected chi connectivity index (χ0v) is 10.3. The Hall–Kier alpha value is -1.62. The van der Waals surface area contributed by atoms with Gasteiger partial charge in [0.25, 0.3) is 5.91 Å². The van der Waals surface area contributed by atoms with E-state index < -0.39 is 0 Å². The maximum Gasteiger partial charge on any atom is 0.256 e. The van der Waals surface area contributed by atoms with E-state index in [0.29, 0.717) is 6.54 Å². The lowest BCUT2D eigenvalue weighted by Crippen LogP contribution is -2.31. The zero-order chi connectivity index (χ0) is 12.7. The van der Waals surface area contributed by atoms with E-state index in [2.05, 4.69) is 15.6 Å². The first-order valence-electron chi connectivity index (χ1n) is 5.83. The summed E-state index contributed by atoms with van der Waals surface area (Å²) >= 11 is 0. The lowest BCUT2D eigenvalue weighted by Gasteiger charge is -2.05. The third-order valence-corrected chi connectivity index (χ3v) is 2.37. The average Bonchev–Trinajstić information content (AvgIpc) is 2.28. The standard InChI is InChI=1S/C12H19N3O2/c1-3-13-5-4-6-14-12(17)10-8-15-9(2)7-11(10)16/h7-8,13H,3-6H2,1-2H3,(H,14,17)(H,15,16). The van der Waals surface area contributed by atoms with Crippen LogP contribution in [0.1, 0.15) is 29.4 Å². The number of hydrogen-bond donors (Lipinski definition) is 3. The maximum absolute atomic E-state index is 11.7. The Balaban J connectivity index is 2.45. The Labute approximate surface area is 101 Å². The van der Waals surface area contributed by atoms with Crippen LogP contribution in [-0.4, -0.2) is 30.5 Å². The average molecular weight is 237 g/mol. The summed E-state index contributed by atoms with van der Waals surface area (Å²) in [6.07, 6.45) is 2.31. The number of aryl methyl sites for hydroxylation is 1. The molecule has 17 heavy (non-hydrogen) atoms. The van der Waals surface area contributed by atoms with E-state index in [1.807, 2.05) is 6.92 Å². The summed E-state index contributed by atoms with van der Waals surface area (Å²) in [7, 11) is 0. The molecule has 94 valence electrons. The second kappa shape index (κ2) is 6.85. The minimum Gasteiger partial charge on any atom is -0.364 e. The maximum atomic E-state index is 11.7. The molecule has 0 radical (unpaired) electrons. The molecule has 1 aromatic rings. The van der Waals surface area contributed by atoms with Gasteiger partial charge in [0.15, 0.2) is 5.43 Å². The molecule has 1 amide bonds. The molecule has 0 aliphatic carbocycles. The van der Waals surface area contributed by atoms with Gasteiger partial charge in [-0.25, -0.2) is 0 Å². The number of carbonyl (C=O) groups excluding carboxylic acids is 1. The van der Waals surface area contributed by atoms with Gasteiger partial charge in [-0.15, -0.1) is 0 Å². The summed E-state index contributed by atoms with van der Waals surface area (Å²) in [5, 5.41) is 5.88. The molecule has 0 aromatic carbocycles. The molecule has 1 aromatic heterocycles. The lowest BCUT2D eigenvalue weighted by atomic mass is 10.2. The molecule has 0 atom stereocenters. The summed E-state index contributed by atoms with van der Waals surface area (Å²) in [5.74, 6) is -0.317. The van der Waals surface area contributed by atoms with Crippen LogP contribution in [0.15, 0.2) is 17.1 Å². The van der Waals surface area contributed by atoms with E-state index in [0.717, 1.165) is 25.2 Å². The van der Waals surface area contributed by atoms with Gasteiger partial charge in [0.1, 0.15) is 5.56 Å². The molecule has 5 nitrogen and oxygen atoms in total. The Bertz CT molecular complexity index is 426. The van der Waals surface area contributed by atoms with Crippen molar-refractivity contribution in [3.63, 3.8) is 0 Å². The Kier molecular flexibility index (Phi) is 5.42. The number of aromatic amines is 1. The van der Waals surface area contributed by atoms with Gasteiger partial charge < -0.3 is 15.6 Å². The van der Waals surface area contributed by atoms with Crippen LogP contribution in [0.3, 0.4) is 0 Å². The molecular formula is C12H19N3O2. The van der Waals surface area contributed by atoms with Crippen molar-refractivity contribution in [2.45, 2.75) is 20.3 Å². The van der Waals surface area contributed by atoms with E-state index in [9.17, 15) is 9.59 Å². The van der Waals surface area contributed by atoms with Crippen LogP contribution >= 0.6 is 0 Å². The molecule has 0 bridgehead atoms. The van der Waals surface area contributed by atoms with Gasteiger partial charge in [0.2, 0.25) is 0 Å². The lowest BCUT2D eigenvalue weighted by molar-refractivity contribution is 0.0952. The van der Waals surface area contributed by atoms with Gasteiger partial charge in [0, 0.05) is 24.5 Å². The molecule has 0 unspecified atom stereocenters. The first kappa shape index (κ1) is 13.4. The van der Waals surface area contributed by atoms with Crippen LogP contribution in [0.4, 0.5) is 0 Å². The van der Waals surface area contributed by atoms with Crippen LogP contribution < -0.4 is 16.1 Å². The van der Waals surface area contributed by atoms with E-state index in [4.69, 9.17) is 0 Å². The summed E-state index contributed by atoms with van der Waals surface area (Å²) in [5.41, 5.74) is 0.670. The predicted octanol–water partition coefficient (Wildman–Crippen LogP) is 0.413. The molecule has 1 heterocycles. The highest BCUT2D eigenvalue weighted by Gasteiger charge is 2.08. The van der Waals surface area contributed by atoms with Crippen molar-refractivity contribution in [2.24, 2.45) is 0 Å². The molecule has 0 aliphatic rings. The van der Waals surface area contributed by atoms with Crippen molar-refractivity contribution >= 4 is 5.91 Å². The van der Waals surface area contributed by atoms with Crippen molar-refractivity contribution in [2.75, 3.05) is 19.6 Å². The van der Waals surface area contributed by atoms with E-state index in [1.54, 1.807) is 6.92 Å². The molecule has 0 saturated heterocycles. The smallest absolute Gasteiger partial charge is 0.256 e. The van der Waals surface area contributed by atoms with Crippen LogP contribution in [0, 0.1) is 6.92 Å². The molecule has 5 heteroatoms. The van der Waals surface area contributed by atoms with Crippen molar-refractivity contribution < 1.29 is 4.79 Å². The first-order chi connectivity index (χ1) is 8.15. The second-order valence-electron chi connectivity index (χ2n) is 3.86. The number of amides is 1. The van der Waals surface area contributed by atoms with Crippen LogP contribution in [-0.2, 0) is 0 Å². The van der Waals surface area contributed by atoms with Crippen molar-refractivity contribution in [3.8, 4) is 0 Å². The zero-order valence-electron chi connectivity index (χ0n) is 10.3. The Morgan fingerprint density at radius 1 is 1.41 bits per heavy atom. The highest BCUT2D eigenvalue weighted by Crippen LogP contribution is 1.92. The Morgan fingerprint density at radius 3 is 2.82 bits per heavy atom. The number of pyridine rings is 1. The number of H-pyrrole nitrogens is 1.